The lowest BCUT2D eigenvalue weighted by atomic mass is 9.95. The Morgan fingerprint density at radius 2 is 2.00 bits per heavy atom. The number of aryl methyl sites for hydroxylation is 1. The monoisotopic (exact) mass is 408 g/mol. The average molecular weight is 409 g/mol. The lowest BCUT2D eigenvalue weighted by molar-refractivity contribution is -0.129. The zero-order valence-electron chi connectivity index (χ0n) is 16.2. The molecule has 6 heteroatoms. The number of amides is 1. The molecule has 1 atom stereocenters. The fourth-order valence-electron chi connectivity index (χ4n) is 4.00. The van der Waals surface area contributed by atoms with Gasteiger partial charge in [-0.15, -0.1) is 0 Å². The number of hydrogen-bond acceptors (Lipinski definition) is 3. The van der Waals surface area contributed by atoms with Crippen molar-refractivity contribution in [2.75, 3.05) is 6.54 Å². The molecule has 5 nitrogen and oxygen atoms in total. The molecule has 0 radical (unpaired) electrons. The number of ketones is 1. The Kier molecular flexibility index (Phi) is 4.92. The number of aromatic amines is 1. The van der Waals surface area contributed by atoms with Crippen molar-refractivity contribution in [3.8, 4) is 0 Å². The highest BCUT2D eigenvalue weighted by atomic mass is 35.5. The fraction of sp³-hybridized carbons (Fsp3) is 0.217. The number of nitrogens with one attached hydrogen (secondary N) is 1. The molecule has 1 aliphatic rings. The van der Waals surface area contributed by atoms with Crippen LogP contribution in [0.25, 0.3) is 10.9 Å². The van der Waals surface area contributed by atoms with Crippen molar-refractivity contribution < 1.29 is 14.7 Å². The van der Waals surface area contributed by atoms with Crippen molar-refractivity contribution in [3.63, 3.8) is 0 Å². The van der Waals surface area contributed by atoms with E-state index in [4.69, 9.17) is 11.6 Å². The number of nitrogens with zero attached hydrogens (tertiary/aromatic N) is 1. The number of aromatic nitrogens is 1. The largest absolute Gasteiger partial charge is 0.503 e. The molecule has 1 aromatic heterocycles. The summed E-state index contributed by atoms with van der Waals surface area (Å²) in [4.78, 5) is 29.9. The number of hydrogen-bond donors (Lipinski definition) is 2. The molecule has 148 valence electrons. The van der Waals surface area contributed by atoms with Crippen molar-refractivity contribution in [1.29, 1.82) is 0 Å². The van der Waals surface area contributed by atoms with Gasteiger partial charge in [0.05, 0.1) is 11.6 Å². The molecule has 1 aliphatic heterocycles. The van der Waals surface area contributed by atoms with Crippen molar-refractivity contribution >= 4 is 34.2 Å². The first-order valence-electron chi connectivity index (χ1n) is 9.44. The molecule has 0 spiro atoms. The maximum absolute atomic E-state index is 12.8. The molecule has 3 aromatic rings. The predicted molar refractivity (Wildman–Crippen MR) is 113 cm³/mol. The lowest BCUT2D eigenvalue weighted by Crippen LogP contribution is -2.33. The Bertz CT molecular complexity index is 1160. The molecule has 2 N–H and O–H groups in total. The van der Waals surface area contributed by atoms with E-state index in [1.54, 1.807) is 6.07 Å². The molecular weight excluding hydrogens is 388 g/mol. The molecule has 0 aliphatic carbocycles. The molecule has 0 bridgehead atoms. The Morgan fingerprint density at radius 3 is 2.72 bits per heavy atom. The van der Waals surface area contributed by atoms with E-state index in [2.05, 4.69) is 4.98 Å². The number of aliphatic hydroxyl groups excluding tert-OH is 1. The van der Waals surface area contributed by atoms with Crippen LogP contribution in [0, 0.1) is 6.92 Å². The number of halogens is 1. The zero-order valence-corrected chi connectivity index (χ0v) is 17.0. The molecule has 2 heterocycles. The third-order valence-corrected chi connectivity index (χ3v) is 5.76. The second-order valence-corrected chi connectivity index (χ2v) is 7.76. The topological polar surface area (TPSA) is 73.4 Å². The van der Waals surface area contributed by atoms with Gasteiger partial charge in [0, 0.05) is 28.7 Å². The molecular formula is C23H21ClN2O3. The second-order valence-electron chi connectivity index (χ2n) is 7.35. The first-order chi connectivity index (χ1) is 13.9. The van der Waals surface area contributed by atoms with E-state index in [0.29, 0.717) is 23.6 Å². The molecule has 0 fully saturated rings. The van der Waals surface area contributed by atoms with Gasteiger partial charge in [-0.1, -0.05) is 41.9 Å². The van der Waals surface area contributed by atoms with Gasteiger partial charge in [0.15, 0.2) is 11.5 Å². The van der Waals surface area contributed by atoms with Crippen LogP contribution in [0.1, 0.15) is 29.7 Å². The maximum atomic E-state index is 12.8. The minimum atomic E-state index is -0.696. The fourth-order valence-corrected chi connectivity index (χ4v) is 4.34. The number of rotatable bonds is 5. The maximum Gasteiger partial charge on any atom is 0.290 e. The van der Waals surface area contributed by atoms with Gasteiger partial charge in [0.25, 0.3) is 5.91 Å². The number of H-pyrrole nitrogens is 1. The van der Waals surface area contributed by atoms with Gasteiger partial charge in [0.2, 0.25) is 0 Å². The van der Waals surface area contributed by atoms with Crippen LogP contribution in [0.5, 0.6) is 0 Å². The van der Waals surface area contributed by atoms with Gasteiger partial charge in [-0.25, -0.2) is 0 Å². The summed E-state index contributed by atoms with van der Waals surface area (Å²) in [6.07, 6.45) is 2.51. The highest BCUT2D eigenvalue weighted by molar-refractivity contribution is 6.31. The number of carbonyl (C=O) groups excluding carboxylic acids is 2. The van der Waals surface area contributed by atoms with Crippen LogP contribution in [-0.2, 0) is 16.0 Å². The summed E-state index contributed by atoms with van der Waals surface area (Å²) in [5.74, 6) is -1.37. The number of Topliss-reactive ketones (excluding diaryl/α,β-unsaturated/α-hetero) is 1. The summed E-state index contributed by atoms with van der Waals surface area (Å²) in [5.41, 5.74) is 3.81. The smallest absolute Gasteiger partial charge is 0.290 e. The number of carbonyl (C=O) groups is 2. The van der Waals surface area contributed by atoms with E-state index in [1.807, 2.05) is 49.5 Å². The van der Waals surface area contributed by atoms with E-state index in [9.17, 15) is 14.7 Å². The van der Waals surface area contributed by atoms with Crippen LogP contribution in [0.2, 0.25) is 5.02 Å². The predicted octanol–water partition coefficient (Wildman–Crippen LogP) is 4.66. The van der Waals surface area contributed by atoms with E-state index in [-0.39, 0.29) is 11.4 Å². The number of para-hydroxylation sites is 1. The first kappa shape index (κ1) is 19.3. The molecule has 29 heavy (non-hydrogen) atoms. The Hall–Kier alpha value is -3.05. The van der Waals surface area contributed by atoms with E-state index >= 15 is 0 Å². The van der Waals surface area contributed by atoms with Gasteiger partial charge in [-0.05, 0) is 49.1 Å². The van der Waals surface area contributed by atoms with Crippen molar-refractivity contribution in [2.45, 2.75) is 26.3 Å². The van der Waals surface area contributed by atoms with Gasteiger partial charge >= 0.3 is 0 Å². The van der Waals surface area contributed by atoms with Crippen LogP contribution in [0.3, 0.4) is 0 Å². The summed E-state index contributed by atoms with van der Waals surface area (Å²) in [5, 5.41) is 12.0. The summed E-state index contributed by atoms with van der Waals surface area (Å²) in [6.45, 7) is 3.62. The number of benzene rings is 2. The molecule has 1 unspecified atom stereocenters. The third-order valence-electron chi connectivity index (χ3n) is 5.43. The van der Waals surface area contributed by atoms with Gasteiger partial charge in [-0.3, -0.25) is 9.59 Å². The van der Waals surface area contributed by atoms with Crippen LogP contribution < -0.4 is 0 Å². The molecule has 1 amide bonds. The summed E-state index contributed by atoms with van der Waals surface area (Å²) < 4.78 is 0. The highest BCUT2D eigenvalue weighted by Crippen LogP contribution is 2.40. The normalized spacial score (nSPS) is 16.9. The summed E-state index contributed by atoms with van der Waals surface area (Å²) in [7, 11) is 0. The van der Waals surface area contributed by atoms with E-state index in [1.165, 1.54) is 11.8 Å². The average Bonchev–Trinajstić information content (AvgIpc) is 3.20. The van der Waals surface area contributed by atoms with Crippen molar-refractivity contribution in [2.24, 2.45) is 0 Å². The van der Waals surface area contributed by atoms with Gasteiger partial charge in [0.1, 0.15) is 0 Å². The van der Waals surface area contributed by atoms with Crippen molar-refractivity contribution in [1.82, 2.24) is 9.88 Å². The minimum absolute atomic E-state index is 0.0969. The summed E-state index contributed by atoms with van der Waals surface area (Å²) >= 11 is 6.46. The second kappa shape index (κ2) is 7.41. The molecule has 0 saturated heterocycles. The Balaban J connectivity index is 1.70. The summed E-state index contributed by atoms with van der Waals surface area (Å²) in [6, 6.07) is 12.8. The number of fused-ring (bicyclic) bond motifs is 1. The van der Waals surface area contributed by atoms with Crippen molar-refractivity contribution in [3.05, 3.63) is 81.7 Å². The van der Waals surface area contributed by atoms with E-state index in [0.717, 1.165) is 22.0 Å². The minimum Gasteiger partial charge on any atom is -0.503 e. The Morgan fingerprint density at radius 1 is 1.24 bits per heavy atom. The molecule has 2 aromatic carbocycles. The third kappa shape index (κ3) is 3.32. The van der Waals surface area contributed by atoms with Crippen LogP contribution in [0.15, 0.2) is 60.0 Å². The first-order valence-corrected chi connectivity index (χ1v) is 9.82. The highest BCUT2D eigenvalue weighted by Gasteiger charge is 2.42. The molecule has 4 rings (SSSR count). The number of aliphatic hydroxyl groups is 1. The molecule has 0 saturated carbocycles. The SMILES string of the molecule is CC(=O)C1=C(O)C(=O)N(CCc2c[nH]c3ccccc23)C1c1ccc(C)cc1Cl. The zero-order chi connectivity index (χ0) is 20.7. The Labute approximate surface area is 173 Å². The quantitative estimate of drug-likeness (QED) is 0.645. The standard InChI is InChI=1S/C23H21ClN2O3/c1-13-7-8-17(18(24)11-13)21-20(14(2)27)22(28)23(29)26(21)10-9-15-12-25-19-6-4-3-5-16(15)19/h3-8,11-12,21,25,28H,9-10H2,1-2H3. The van der Waals surface area contributed by atoms with Crippen LogP contribution in [0.4, 0.5) is 0 Å². The lowest BCUT2D eigenvalue weighted by Gasteiger charge is -2.27. The van der Waals surface area contributed by atoms with Gasteiger partial charge in [-0.2, -0.15) is 0 Å². The van der Waals surface area contributed by atoms with Crippen LogP contribution in [-0.4, -0.2) is 33.2 Å². The van der Waals surface area contributed by atoms with Gasteiger partial charge < -0.3 is 15.0 Å². The van der Waals surface area contributed by atoms with E-state index < -0.39 is 17.7 Å². The van der Waals surface area contributed by atoms with Crippen LogP contribution >= 0.6 is 11.6 Å².